The van der Waals surface area contributed by atoms with Crippen LogP contribution in [0.4, 0.5) is 11.6 Å². The fourth-order valence-electron chi connectivity index (χ4n) is 1.89. The van der Waals surface area contributed by atoms with Gasteiger partial charge in [0.05, 0.1) is 5.69 Å². The van der Waals surface area contributed by atoms with Crippen molar-refractivity contribution in [3.63, 3.8) is 0 Å². The number of aromatic nitrogens is 3. The largest absolute Gasteiger partial charge is 0.276 e. The second-order valence-corrected chi connectivity index (χ2v) is 4.37. The minimum absolute atomic E-state index is 0.0172. The molecule has 2 heterocycles. The molecule has 0 saturated heterocycles. The molecule has 0 radical (unpaired) electrons. The number of carbonyl (C=O) groups excluding carboxylic acids is 1. The van der Waals surface area contributed by atoms with Gasteiger partial charge in [-0.15, -0.1) is 5.10 Å². The number of hydrogen-bond donors (Lipinski definition) is 1. The van der Waals surface area contributed by atoms with Crippen LogP contribution in [0.5, 0.6) is 0 Å². The molecule has 17 heavy (non-hydrogen) atoms. The van der Waals surface area contributed by atoms with E-state index in [-0.39, 0.29) is 12.5 Å². The number of carbonyl (C=O) groups is 1. The molecule has 0 atom stereocenters. The molecule has 0 bridgehead atoms. The van der Waals surface area contributed by atoms with Crippen LogP contribution in [0.25, 0.3) is 0 Å². The smallest absolute Gasteiger partial charge is 0.254 e. The highest BCUT2D eigenvalue weighted by Gasteiger charge is 2.30. The van der Waals surface area contributed by atoms with E-state index in [1.165, 1.54) is 0 Å². The first kappa shape index (κ1) is 10.2. The molecule has 1 amide bonds. The number of fused-ring (bicyclic) bond motifs is 1. The Balaban J connectivity index is 2.12. The lowest BCUT2D eigenvalue weighted by molar-refractivity contribution is -0.117. The Bertz CT molecular complexity index is 640. The average Bonchev–Trinajstić information content (AvgIpc) is 2.81. The van der Waals surface area contributed by atoms with E-state index >= 15 is 0 Å². The zero-order chi connectivity index (χ0) is 12.0. The van der Waals surface area contributed by atoms with E-state index in [0.29, 0.717) is 10.7 Å². The highest BCUT2D eigenvalue weighted by Crippen LogP contribution is 2.29. The number of anilines is 2. The predicted octanol–water partition coefficient (Wildman–Crippen LogP) is 1.93. The van der Waals surface area contributed by atoms with Gasteiger partial charge in [-0.25, -0.2) is 10.00 Å². The number of rotatable bonds is 1. The van der Waals surface area contributed by atoms with Gasteiger partial charge in [-0.05, 0) is 31.3 Å². The SMILES string of the molecule is Cc1ccc(N2C(=O)Cn3c2n[nH]c3=S)cc1. The van der Waals surface area contributed by atoms with Crippen molar-refractivity contribution in [3.05, 3.63) is 34.6 Å². The molecule has 1 aliphatic heterocycles. The summed E-state index contributed by atoms with van der Waals surface area (Å²) in [5.74, 6) is 0.542. The molecule has 1 aromatic carbocycles. The average molecular weight is 246 g/mol. The van der Waals surface area contributed by atoms with Crippen LogP contribution >= 0.6 is 12.2 Å². The summed E-state index contributed by atoms with van der Waals surface area (Å²) in [6.07, 6.45) is 0. The van der Waals surface area contributed by atoms with E-state index in [4.69, 9.17) is 12.2 Å². The standard InChI is InChI=1S/C11H10N4OS/c1-7-2-4-8(5-3-7)15-9(16)6-14-10(15)12-13-11(14)17/h2-5H,6H2,1H3,(H,13,17). The van der Waals surface area contributed by atoms with Crippen LogP contribution in [0.1, 0.15) is 5.56 Å². The maximum atomic E-state index is 11.9. The second kappa shape index (κ2) is 3.53. The maximum absolute atomic E-state index is 11.9. The third-order valence-electron chi connectivity index (χ3n) is 2.77. The van der Waals surface area contributed by atoms with E-state index in [9.17, 15) is 4.79 Å². The Kier molecular flexibility index (Phi) is 2.12. The third kappa shape index (κ3) is 1.49. The topological polar surface area (TPSA) is 53.9 Å². The minimum atomic E-state index is -0.0172. The van der Waals surface area contributed by atoms with Crippen molar-refractivity contribution >= 4 is 29.8 Å². The van der Waals surface area contributed by atoms with Crippen molar-refractivity contribution in [1.82, 2.24) is 14.8 Å². The van der Waals surface area contributed by atoms with Crippen molar-refractivity contribution in [2.45, 2.75) is 13.5 Å². The Morgan fingerprint density at radius 2 is 2.06 bits per heavy atom. The first-order chi connectivity index (χ1) is 8.16. The molecule has 5 nitrogen and oxygen atoms in total. The lowest BCUT2D eigenvalue weighted by Crippen LogP contribution is -2.21. The van der Waals surface area contributed by atoms with Crippen molar-refractivity contribution in [1.29, 1.82) is 0 Å². The van der Waals surface area contributed by atoms with Crippen LogP contribution in [-0.4, -0.2) is 20.7 Å². The van der Waals surface area contributed by atoms with Crippen LogP contribution in [0, 0.1) is 11.7 Å². The van der Waals surface area contributed by atoms with Gasteiger partial charge in [-0.2, -0.15) is 0 Å². The van der Waals surface area contributed by atoms with Gasteiger partial charge in [0.1, 0.15) is 6.54 Å². The fraction of sp³-hybridized carbons (Fsp3) is 0.182. The van der Waals surface area contributed by atoms with E-state index in [0.717, 1.165) is 11.3 Å². The molecular formula is C11H10N4OS. The second-order valence-electron chi connectivity index (χ2n) is 3.98. The van der Waals surface area contributed by atoms with Gasteiger partial charge in [0.15, 0.2) is 4.77 Å². The number of nitrogens with one attached hydrogen (secondary N) is 1. The number of hydrogen-bond acceptors (Lipinski definition) is 3. The summed E-state index contributed by atoms with van der Waals surface area (Å²) < 4.78 is 2.17. The van der Waals surface area contributed by atoms with Gasteiger partial charge >= 0.3 is 0 Å². The van der Waals surface area contributed by atoms with Crippen LogP contribution in [-0.2, 0) is 11.3 Å². The van der Waals surface area contributed by atoms with Crippen LogP contribution in [0.3, 0.4) is 0 Å². The van der Waals surface area contributed by atoms with E-state index in [2.05, 4.69) is 10.2 Å². The molecule has 0 fully saturated rings. The predicted molar refractivity (Wildman–Crippen MR) is 65.7 cm³/mol. The summed E-state index contributed by atoms with van der Waals surface area (Å²) in [6.45, 7) is 2.25. The molecule has 0 unspecified atom stereocenters. The lowest BCUT2D eigenvalue weighted by atomic mass is 10.2. The highest BCUT2D eigenvalue weighted by molar-refractivity contribution is 7.71. The molecule has 0 saturated carbocycles. The van der Waals surface area contributed by atoms with Gasteiger partial charge in [-0.3, -0.25) is 9.36 Å². The van der Waals surface area contributed by atoms with Gasteiger partial charge in [-0.1, -0.05) is 17.7 Å². The zero-order valence-electron chi connectivity index (χ0n) is 9.17. The number of amides is 1. The summed E-state index contributed by atoms with van der Waals surface area (Å²) >= 11 is 5.05. The quantitative estimate of drug-likeness (QED) is 0.782. The molecule has 0 spiro atoms. The molecule has 86 valence electrons. The molecular weight excluding hydrogens is 236 g/mol. The molecule has 2 aromatic rings. The number of benzene rings is 1. The van der Waals surface area contributed by atoms with Crippen LogP contribution in [0.2, 0.25) is 0 Å². The van der Waals surface area contributed by atoms with Crippen molar-refractivity contribution in [2.24, 2.45) is 0 Å². The first-order valence-corrected chi connectivity index (χ1v) is 5.62. The van der Waals surface area contributed by atoms with E-state index < -0.39 is 0 Å². The molecule has 3 rings (SSSR count). The molecule has 1 N–H and O–H groups in total. The molecule has 0 aliphatic carbocycles. The Morgan fingerprint density at radius 3 is 2.76 bits per heavy atom. The van der Waals surface area contributed by atoms with Crippen LogP contribution < -0.4 is 4.90 Å². The summed E-state index contributed by atoms with van der Waals surface area (Å²) in [6, 6.07) is 7.74. The highest BCUT2D eigenvalue weighted by atomic mass is 32.1. The van der Waals surface area contributed by atoms with Crippen molar-refractivity contribution in [2.75, 3.05) is 4.90 Å². The Labute approximate surface area is 103 Å². The number of nitrogens with zero attached hydrogens (tertiary/aromatic N) is 3. The maximum Gasteiger partial charge on any atom is 0.254 e. The molecule has 1 aliphatic rings. The van der Waals surface area contributed by atoms with Gasteiger partial charge < -0.3 is 0 Å². The van der Waals surface area contributed by atoms with Gasteiger partial charge in [0, 0.05) is 0 Å². The van der Waals surface area contributed by atoms with E-state index in [1.807, 2.05) is 31.2 Å². The zero-order valence-corrected chi connectivity index (χ0v) is 9.99. The Hall–Kier alpha value is -1.95. The summed E-state index contributed by atoms with van der Waals surface area (Å²) in [7, 11) is 0. The first-order valence-electron chi connectivity index (χ1n) is 5.21. The van der Waals surface area contributed by atoms with Gasteiger partial charge in [0.2, 0.25) is 5.95 Å². The van der Waals surface area contributed by atoms with Gasteiger partial charge in [0.25, 0.3) is 5.91 Å². The lowest BCUT2D eigenvalue weighted by Gasteiger charge is -2.13. The minimum Gasteiger partial charge on any atom is -0.276 e. The number of H-pyrrole nitrogens is 1. The number of aromatic amines is 1. The third-order valence-corrected chi connectivity index (χ3v) is 3.08. The fourth-order valence-corrected chi connectivity index (χ4v) is 2.09. The van der Waals surface area contributed by atoms with E-state index in [1.54, 1.807) is 9.47 Å². The summed E-state index contributed by atoms with van der Waals surface area (Å²) in [5.41, 5.74) is 1.97. The monoisotopic (exact) mass is 246 g/mol. The van der Waals surface area contributed by atoms with Crippen LogP contribution in [0.15, 0.2) is 24.3 Å². The summed E-state index contributed by atoms with van der Waals surface area (Å²) in [5, 5.41) is 6.77. The number of aryl methyl sites for hydroxylation is 1. The molecule has 1 aromatic heterocycles. The Morgan fingerprint density at radius 1 is 1.35 bits per heavy atom. The normalized spacial score (nSPS) is 14.2. The summed E-state index contributed by atoms with van der Waals surface area (Å²) in [4.78, 5) is 13.5. The van der Waals surface area contributed by atoms with Crippen molar-refractivity contribution < 1.29 is 4.79 Å². The molecule has 6 heteroatoms. The van der Waals surface area contributed by atoms with Crippen molar-refractivity contribution in [3.8, 4) is 0 Å².